The Morgan fingerprint density at radius 1 is 1.06 bits per heavy atom. The van der Waals surface area contributed by atoms with Crippen molar-refractivity contribution in [1.29, 1.82) is 0 Å². The topological polar surface area (TPSA) is 58.6 Å². The molecule has 170 valence electrons. The zero-order valence-corrected chi connectivity index (χ0v) is 19.5. The normalized spacial score (nSPS) is 20.5. The largest absolute Gasteiger partial charge is 0.496 e. The van der Waals surface area contributed by atoms with Crippen LogP contribution < -0.4 is 10.1 Å². The SMILES string of the molecule is COc1ccccc1CNC(=O)[C@H]1c2ccccc2C(=O)N(C2CCCC2)[C@@H]1c1cccs1. The van der Waals surface area contributed by atoms with E-state index in [1.807, 2.05) is 64.9 Å². The fraction of sp³-hybridized carbons (Fsp3) is 0.333. The van der Waals surface area contributed by atoms with Gasteiger partial charge in [-0.15, -0.1) is 11.3 Å². The van der Waals surface area contributed by atoms with Crippen molar-refractivity contribution < 1.29 is 14.3 Å². The van der Waals surface area contributed by atoms with Crippen LogP contribution in [0.3, 0.4) is 0 Å². The van der Waals surface area contributed by atoms with Crippen LogP contribution >= 0.6 is 11.3 Å². The summed E-state index contributed by atoms with van der Waals surface area (Å²) in [4.78, 5) is 30.6. The maximum absolute atomic E-state index is 13.8. The summed E-state index contributed by atoms with van der Waals surface area (Å²) >= 11 is 1.62. The second kappa shape index (κ2) is 9.40. The lowest BCUT2D eigenvalue weighted by Gasteiger charge is -2.44. The van der Waals surface area contributed by atoms with Gasteiger partial charge >= 0.3 is 0 Å². The number of ether oxygens (including phenoxy) is 1. The number of rotatable bonds is 6. The molecule has 0 spiro atoms. The van der Waals surface area contributed by atoms with Gasteiger partial charge in [-0.1, -0.05) is 55.3 Å². The Kier molecular flexibility index (Phi) is 6.18. The summed E-state index contributed by atoms with van der Waals surface area (Å²) in [7, 11) is 1.63. The van der Waals surface area contributed by atoms with E-state index in [9.17, 15) is 9.59 Å². The summed E-state index contributed by atoms with van der Waals surface area (Å²) in [6.45, 7) is 0.371. The number of para-hydroxylation sites is 1. The maximum atomic E-state index is 13.8. The third-order valence-corrected chi connectivity index (χ3v) is 7.80. The highest BCUT2D eigenvalue weighted by molar-refractivity contribution is 7.10. The first kappa shape index (κ1) is 21.7. The molecule has 2 atom stereocenters. The Labute approximate surface area is 198 Å². The van der Waals surface area contributed by atoms with Crippen LogP contribution in [0.4, 0.5) is 0 Å². The van der Waals surface area contributed by atoms with Crippen LogP contribution in [0, 0.1) is 0 Å². The minimum Gasteiger partial charge on any atom is -0.496 e. The van der Waals surface area contributed by atoms with E-state index in [1.54, 1.807) is 18.4 Å². The van der Waals surface area contributed by atoms with E-state index in [4.69, 9.17) is 4.74 Å². The van der Waals surface area contributed by atoms with Crippen molar-refractivity contribution in [2.24, 2.45) is 0 Å². The number of nitrogens with one attached hydrogen (secondary N) is 1. The van der Waals surface area contributed by atoms with Crippen molar-refractivity contribution >= 4 is 23.2 Å². The number of carbonyl (C=O) groups is 2. The molecule has 0 radical (unpaired) electrons. The van der Waals surface area contributed by atoms with Gasteiger partial charge in [-0.25, -0.2) is 0 Å². The highest BCUT2D eigenvalue weighted by atomic mass is 32.1. The quantitative estimate of drug-likeness (QED) is 0.543. The van der Waals surface area contributed by atoms with Gasteiger partial charge in [-0.05, 0) is 42.0 Å². The molecule has 2 aromatic carbocycles. The molecule has 1 aromatic heterocycles. The standard InChI is InChI=1S/C27H28N2O3S/c1-32-22-14-7-2-9-18(22)17-28-26(30)24-20-12-5-6-13-21(20)27(31)29(19-10-3-4-11-19)25(24)23-15-8-16-33-23/h2,5-9,12-16,19,24-25H,3-4,10-11,17H2,1H3,(H,28,30)/t24-,25+/m0/s1. The number of thiophene rings is 1. The maximum Gasteiger partial charge on any atom is 0.254 e. The van der Waals surface area contributed by atoms with Crippen molar-refractivity contribution in [1.82, 2.24) is 10.2 Å². The van der Waals surface area contributed by atoms with Crippen molar-refractivity contribution in [3.8, 4) is 5.75 Å². The van der Waals surface area contributed by atoms with Crippen molar-refractivity contribution in [2.75, 3.05) is 7.11 Å². The Morgan fingerprint density at radius 3 is 2.58 bits per heavy atom. The van der Waals surface area contributed by atoms with E-state index < -0.39 is 5.92 Å². The lowest BCUT2D eigenvalue weighted by Crippen LogP contribution is -2.50. The fourth-order valence-corrected chi connectivity index (χ4v) is 6.18. The van der Waals surface area contributed by atoms with Crippen molar-refractivity contribution in [3.05, 3.63) is 87.6 Å². The van der Waals surface area contributed by atoms with Crippen LogP contribution in [0.2, 0.25) is 0 Å². The van der Waals surface area contributed by atoms with Crippen LogP contribution in [-0.4, -0.2) is 29.9 Å². The van der Waals surface area contributed by atoms with E-state index in [1.165, 1.54) is 0 Å². The van der Waals surface area contributed by atoms with Gasteiger partial charge in [0, 0.05) is 28.6 Å². The summed E-state index contributed by atoms with van der Waals surface area (Å²) < 4.78 is 5.46. The molecule has 0 unspecified atom stereocenters. The monoisotopic (exact) mass is 460 g/mol. The highest BCUT2D eigenvalue weighted by Gasteiger charge is 2.47. The van der Waals surface area contributed by atoms with Crippen LogP contribution in [0.5, 0.6) is 5.75 Å². The van der Waals surface area contributed by atoms with Gasteiger partial charge in [0.2, 0.25) is 5.91 Å². The molecule has 6 heteroatoms. The molecule has 1 aliphatic heterocycles. The molecule has 1 fully saturated rings. The number of hydrogen-bond donors (Lipinski definition) is 1. The molecule has 33 heavy (non-hydrogen) atoms. The first-order valence-corrected chi connectivity index (χ1v) is 12.4. The van der Waals surface area contributed by atoms with Crippen LogP contribution in [0.25, 0.3) is 0 Å². The van der Waals surface area contributed by atoms with Gasteiger partial charge in [-0.2, -0.15) is 0 Å². The average molecular weight is 461 g/mol. The van der Waals surface area contributed by atoms with Crippen LogP contribution in [-0.2, 0) is 11.3 Å². The fourth-order valence-electron chi connectivity index (χ4n) is 5.32. The summed E-state index contributed by atoms with van der Waals surface area (Å²) in [5, 5.41) is 5.17. The Bertz CT molecular complexity index is 1140. The van der Waals surface area contributed by atoms with E-state index in [-0.39, 0.29) is 23.9 Å². The van der Waals surface area contributed by atoms with E-state index >= 15 is 0 Å². The number of hydrogen-bond acceptors (Lipinski definition) is 4. The smallest absolute Gasteiger partial charge is 0.254 e. The summed E-state index contributed by atoms with van der Waals surface area (Å²) in [5.41, 5.74) is 2.39. The third-order valence-electron chi connectivity index (χ3n) is 6.86. The predicted octanol–water partition coefficient (Wildman–Crippen LogP) is 5.30. The molecule has 2 amide bonds. The van der Waals surface area contributed by atoms with Gasteiger partial charge in [-0.3, -0.25) is 9.59 Å². The van der Waals surface area contributed by atoms with E-state index in [2.05, 4.69) is 11.4 Å². The molecular weight excluding hydrogens is 432 g/mol. The molecule has 0 saturated heterocycles. The zero-order valence-electron chi connectivity index (χ0n) is 18.7. The molecule has 2 heterocycles. The van der Waals surface area contributed by atoms with Gasteiger partial charge in [0.05, 0.1) is 19.1 Å². The Balaban J connectivity index is 1.54. The van der Waals surface area contributed by atoms with Crippen LogP contribution in [0.1, 0.15) is 64.0 Å². The number of benzene rings is 2. The minimum atomic E-state index is -0.465. The van der Waals surface area contributed by atoms with E-state index in [0.29, 0.717) is 12.1 Å². The summed E-state index contributed by atoms with van der Waals surface area (Å²) in [6.07, 6.45) is 4.23. The molecule has 2 aliphatic rings. The molecule has 0 bridgehead atoms. The third kappa shape index (κ3) is 4.04. The second-order valence-electron chi connectivity index (χ2n) is 8.71. The lowest BCUT2D eigenvalue weighted by molar-refractivity contribution is -0.124. The van der Waals surface area contributed by atoms with Gasteiger partial charge in [0.15, 0.2) is 0 Å². The molecule has 1 aliphatic carbocycles. The second-order valence-corrected chi connectivity index (χ2v) is 9.68. The lowest BCUT2D eigenvalue weighted by atomic mass is 9.80. The zero-order chi connectivity index (χ0) is 22.8. The van der Waals surface area contributed by atoms with E-state index in [0.717, 1.165) is 47.4 Å². The van der Waals surface area contributed by atoms with Gasteiger partial charge < -0.3 is 15.0 Å². The number of amides is 2. The van der Waals surface area contributed by atoms with Crippen molar-refractivity contribution in [2.45, 2.75) is 50.2 Å². The summed E-state index contributed by atoms with van der Waals surface area (Å²) in [5.74, 6) is 0.263. The molecule has 5 rings (SSSR count). The van der Waals surface area contributed by atoms with Crippen molar-refractivity contribution in [3.63, 3.8) is 0 Å². The molecule has 1 N–H and O–H groups in total. The summed E-state index contributed by atoms with van der Waals surface area (Å²) in [6, 6.07) is 19.2. The minimum absolute atomic E-state index is 0.0460. The average Bonchev–Trinajstić information content (AvgIpc) is 3.57. The number of nitrogens with zero attached hydrogens (tertiary/aromatic N) is 1. The molecule has 5 nitrogen and oxygen atoms in total. The predicted molar refractivity (Wildman–Crippen MR) is 130 cm³/mol. The first-order chi connectivity index (χ1) is 16.2. The van der Waals surface area contributed by atoms with Gasteiger partial charge in [0.25, 0.3) is 5.91 Å². The Hall–Kier alpha value is -3.12. The van der Waals surface area contributed by atoms with Gasteiger partial charge in [0.1, 0.15) is 5.75 Å². The number of methoxy groups -OCH3 is 1. The molecule has 3 aromatic rings. The molecule has 1 saturated carbocycles. The molecular formula is C27H28N2O3S. The Morgan fingerprint density at radius 2 is 1.82 bits per heavy atom. The number of carbonyl (C=O) groups excluding carboxylic acids is 2. The first-order valence-electron chi connectivity index (χ1n) is 11.5. The van der Waals surface area contributed by atoms with Crippen LogP contribution in [0.15, 0.2) is 66.0 Å². The number of fused-ring (bicyclic) bond motifs is 1. The highest BCUT2D eigenvalue weighted by Crippen LogP contribution is 2.47.